The van der Waals surface area contributed by atoms with Crippen molar-refractivity contribution in [1.29, 1.82) is 0 Å². The fourth-order valence-electron chi connectivity index (χ4n) is 3.18. The largest absolute Gasteiger partial charge is 0.496 e. The molecule has 0 heterocycles. The fraction of sp³-hybridized carbons (Fsp3) is 0.588. The Hall–Kier alpha value is -1.51. The van der Waals surface area contributed by atoms with Crippen molar-refractivity contribution in [1.82, 2.24) is 0 Å². The number of carboxylic acid groups (broad SMARTS) is 1. The first kappa shape index (κ1) is 14.9. The first-order chi connectivity index (χ1) is 9.24. The third kappa shape index (κ3) is 2.09. The highest BCUT2D eigenvalue weighted by molar-refractivity contribution is 5.84. The molecule has 1 N–H and O–H groups in total. The van der Waals surface area contributed by atoms with Crippen molar-refractivity contribution >= 4 is 5.97 Å². The summed E-state index contributed by atoms with van der Waals surface area (Å²) in [6, 6.07) is 4.09. The predicted molar refractivity (Wildman–Crippen MR) is 79.6 cm³/mol. The molecular formula is C17H24O3. The van der Waals surface area contributed by atoms with E-state index in [-0.39, 0.29) is 5.41 Å². The summed E-state index contributed by atoms with van der Waals surface area (Å²) >= 11 is 0. The normalized spacial score (nSPS) is 17.4. The van der Waals surface area contributed by atoms with E-state index in [2.05, 4.69) is 26.8 Å². The van der Waals surface area contributed by atoms with Crippen molar-refractivity contribution in [2.24, 2.45) is 0 Å². The van der Waals surface area contributed by atoms with Crippen molar-refractivity contribution in [2.75, 3.05) is 7.11 Å². The third-order valence-electron chi connectivity index (χ3n) is 4.47. The van der Waals surface area contributed by atoms with Crippen LogP contribution in [0.3, 0.4) is 0 Å². The van der Waals surface area contributed by atoms with Gasteiger partial charge in [-0.15, -0.1) is 0 Å². The number of aryl methyl sites for hydroxylation is 1. The van der Waals surface area contributed by atoms with E-state index in [4.69, 9.17) is 4.74 Å². The van der Waals surface area contributed by atoms with Gasteiger partial charge >= 0.3 is 5.97 Å². The lowest BCUT2D eigenvalue weighted by atomic mass is 9.62. The molecule has 0 radical (unpaired) electrons. The number of benzene rings is 1. The lowest BCUT2D eigenvalue weighted by molar-refractivity contribution is -0.147. The van der Waals surface area contributed by atoms with Gasteiger partial charge in [-0.2, -0.15) is 0 Å². The summed E-state index contributed by atoms with van der Waals surface area (Å²) in [6.07, 6.45) is 2.37. The van der Waals surface area contributed by atoms with Gasteiger partial charge in [0.2, 0.25) is 0 Å². The molecule has 0 aromatic heterocycles. The molecule has 2 rings (SSSR count). The van der Waals surface area contributed by atoms with E-state index in [1.165, 1.54) is 0 Å². The van der Waals surface area contributed by atoms with Gasteiger partial charge in [-0.05, 0) is 36.3 Å². The number of hydrogen-bond acceptors (Lipinski definition) is 2. The van der Waals surface area contributed by atoms with Crippen molar-refractivity contribution in [2.45, 2.75) is 57.8 Å². The van der Waals surface area contributed by atoms with Crippen molar-refractivity contribution in [3.63, 3.8) is 0 Å². The highest BCUT2D eigenvalue weighted by atomic mass is 16.5. The van der Waals surface area contributed by atoms with Gasteiger partial charge in [0.1, 0.15) is 5.75 Å². The molecule has 0 saturated heterocycles. The van der Waals surface area contributed by atoms with E-state index in [0.29, 0.717) is 12.8 Å². The summed E-state index contributed by atoms with van der Waals surface area (Å²) in [6.45, 7) is 8.35. The van der Waals surface area contributed by atoms with Crippen LogP contribution in [0.15, 0.2) is 12.1 Å². The molecule has 3 nitrogen and oxygen atoms in total. The molecule has 0 spiro atoms. The summed E-state index contributed by atoms with van der Waals surface area (Å²) in [7, 11) is 1.64. The SMILES string of the molecule is COc1c(C(C)(C)C)ccc(C)c1C1(C(=O)O)CCC1. The molecule has 0 atom stereocenters. The Balaban J connectivity index is 2.72. The quantitative estimate of drug-likeness (QED) is 0.913. The van der Waals surface area contributed by atoms with Gasteiger partial charge < -0.3 is 9.84 Å². The molecule has 110 valence electrons. The first-order valence-corrected chi connectivity index (χ1v) is 7.16. The van der Waals surface area contributed by atoms with Crippen LogP contribution in [-0.2, 0) is 15.6 Å². The molecule has 20 heavy (non-hydrogen) atoms. The molecule has 1 saturated carbocycles. The molecule has 1 aliphatic carbocycles. The van der Waals surface area contributed by atoms with Crippen LogP contribution >= 0.6 is 0 Å². The molecule has 1 fully saturated rings. The van der Waals surface area contributed by atoms with E-state index >= 15 is 0 Å². The summed E-state index contributed by atoms with van der Waals surface area (Å²) in [5, 5.41) is 9.72. The third-order valence-corrected chi connectivity index (χ3v) is 4.47. The fourth-order valence-corrected chi connectivity index (χ4v) is 3.18. The Bertz CT molecular complexity index is 534. The minimum Gasteiger partial charge on any atom is -0.496 e. The topological polar surface area (TPSA) is 46.5 Å². The minimum atomic E-state index is -0.753. The Morgan fingerprint density at radius 3 is 2.25 bits per heavy atom. The average molecular weight is 276 g/mol. The highest BCUT2D eigenvalue weighted by Crippen LogP contribution is 2.51. The standard InChI is InChI=1S/C17H24O3/c1-11-7-8-12(16(2,3)4)14(20-5)13(11)17(15(18)19)9-6-10-17/h7-8H,6,9-10H2,1-5H3,(H,18,19). The van der Waals surface area contributed by atoms with Crippen molar-refractivity contribution in [3.8, 4) is 5.75 Å². The van der Waals surface area contributed by atoms with E-state index < -0.39 is 11.4 Å². The molecule has 1 aliphatic rings. The lowest BCUT2D eigenvalue weighted by Gasteiger charge is -2.41. The maximum Gasteiger partial charge on any atom is 0.314 e. The second-order valence-electron chi connectivity index (χ2n) is 6.83. The van der Waals surface area contributed by atoms with Crippen molar-refractivity contribution in [3.05, 3.63) is 28.8 Å². The van der Waals surface area contributed by atoms with Gasteiger partial charge in [0.25, 0.3) is 0 Å². The molecule has 1 aromatic carbocycles. The van der Waals surface area contributed by atoms with Crippen molar-refractivity contribution < 1.29 is 14.6 Å². The highest BCUT2D eigenvalue weighted by Gasteiger charge is 2.49. The molecule has 3 heteroatoms. The molecule has 1 aromatic rings. The molecule has 0 amide bonds. The summed E-state index contributed by atoms with van der Waals surface area (Å²) in [4.78, 5) is 11.8. The Kier molecular flexibility index (Phi) is 3.57. The van der Waals surface area contributed by atoms with Crippen LogP contribution in [0.2, 0.25) is 0 Å². The summed E-state index contributed by atoms with van der Waals surface area (Å²) in [5.74, 6) is 0.0378. The monoisotopic (exact) mass is 276 g/mol. The summed E-state index contributed by atoms with van der Waals surface area (Å²) < 4.78 is 5.65. The second-order valence-corrected chi connectivity index (χ2v) is 6.83. The number of methoxy groups -OCH3 is 1. The Morgan fingerprint density at radius 2 is 1.90 bits per heavy atom. The van der Waals surface area contributed by atoms with Crippen LogP contribution < -0.4 is 4.74 Å². The van der Waals surface area contributed by atoms with Crippen LogP contribution in [0.1, 0.15) is 56.7 Å². The molecular weight excluding hydrogens is 252 g/mol. The van der Waals surface area contributed by atoms with Gasteiger partial charge in [-0.25, -0.2) is 0 Å². The zero-order valence-electron chi connectivity index (χ0n) is 13.0. The number of ether oxygens (including phenoxy) is 1. The van der Waals surface area contributed by atoms with Crippen LogP contribution in [0.25, 0.3) is 0 Å². The molecule has 0 unspecified atom stereocenters. The minimum absolute atomic E-state index is 0.0722. The van der Waals surface area contributed by atoms with Gasteiger partial charge in [-0.3, -0.25) is 4.79 Å². The first-order valence-electron chi connectivity index (χ1n) is 7.16. The predicted octanol–water partition coefficient (Wildman–Crippen LogP) is 3.81. The van der Waals surface area contributed by atoms with E-state index in [0.717, 1.165) is 28.9 Å². The smallest absolute Gasteiger partial charge is 0.314 e. The maximum atomic E-state index is 11.8. The number of rotatable bonds is 3. The van der Waals surface area contributed by atoms with Crippen LogP contribution in [0.4, 0.5) is 0 Å². The van der Waals surface area contributed by atoms with E-state index in [1.54, 1.807) is 7.11 Å². The van der Waals surface area contributed by atoms with Gasteiger partial charge in [0.05, 0.1) is 12.5 Å². The van der Waals surface area contributed by atoms with E-state index in [1.807, 2.05) is 13.0 Å². The number of aliphatic carboxylic acids is 1. The zero-order chi connectivity index (χ0) is 15.1. The number of carbonyl (C=O) groups is 1. The Morgan fingerprint density at radius 1 is 1.30 bits per heavy atom. The summed E-state index contributed by atoms with van der Waals surface area (Å²) in [5.41, 5.74) is 2.14. The van der Waals surface area contributed by atoms with Gasteiger partial charge in [0, 0.05) is 5.56 Å². The maximum absolute atomic E-state index is 11.8. The van der Waals surface area contributed by atoms with E-state index in [9.17, 15) is 9.90 Å². The Labute approximate surface area is 121 Å². The van der Waals surface area contributed by atoms with Crippen LogP contribution in [-0.4, -0.2) is 18.2 Å². The van der Waals surface area contributed by atoms with Crippen LogP contribution in [0, 0.1) is 6.92 Å². The lowest BCUT2D eigenvalue weighted by Crippen LogP contribution is -2.43. The molecule has 0 bridgehead atoms. The van der Waals surface area contributed by atoms with Crippen LogP contribution in [0.5, 0.6) is 5.75 Å². The number of hydrogen-bond donors (Lipinski definition) is 1. The number of carboxylic acids is 1. The van der Waals surface area contributed by atoms with Gasteiger partial charge in [0.15, 0.2) is 0 Å². The average Bonchev–Trinajstić information content (AvgIpc) is 2.27. The zero-order valence-corrected chi connectivity index (χ0v) is 13.0. The molecule has 0 aliphatic heterocycles. The second kappa shape index (κ2) is 4.80. The van der Waals surface area contributed by atoms with Gasteiger partial charge in [-0.1, -0.05) is 39.3 Å².